The number of hydrazone groups is 1. The summed E-state index contributed by atoms with van der Waals surface area (Å²) in [6.45, 7) is 1.89. The first kappa shape index (κ1) is 13.1. The molecule has 1 amide bonds. The molecule has 0 bridgehead atoms. The number of aromatic nitrogens is 1. The molecule has 19 heavy (non-hydrogen) atoms. The molecule has 1 N–H and O–H groups in total. The van der Waals surface area contributed by atoms with Crippen molar-refractivity contribution >= 4 is 23.5 Å². The van der Waals surface area contributed by atoms with Crippen molar-refractivity contribution in [2.75, 3.05) is 0 Å². The van der Waals surface area contributed by atoms with Gasteiger partial charge in [0.2, 0.25) is 0 Å². The third-order valence-corrected chi connectivity index (χ3v) is 3.67. The number of hydrogen-bond donors (Lipinski definition) is 1. The predicted octanol–water partition coefficient (Wildman–Crippen LogP) is 2.03. The number of thiophene rings is 1. The van der Waals surface area contributed by atoms with E-state index in [2.05, 4.69) is 16.6 Å². The Bertz CT molecular complexity index is 662. The molecule has 2 rings (SSSR count). The average molecular weight is 272 g/mol. The Hall–Kier alpha value is -2.39. The Balaban J connectivity index is 2.08. The molecule has 0 spiro atoms. The number of amides is 1. The number of hydrogen-bond acceptors (Lipinski definition) is 4. The van der Waals surface area contributed by atoms with Crippen molar-refractivity contribution in [3.8, 4) is 6.07 Å². The van der Waals surface area contributed by atoms with Crippen LogP contribution in [0, 0.1) is 18.3 Å². The lowest BCUT2D eigenvalue weighted by Gasteiger charge is -1.98. The topological polar surface area (TPSA) is 70.2 Å². The molecule has 0 aliphatic carbocycles. The van der Waals surface area contributed by atoms with E-state index in [1.165, 1.54) is 11.3 Å². The van der Waals surface area contributed by atoms with Gasteiger partial charge in [0.15, 0.2) is 0 Å². The zero-order chi connectivity index (χ0) is 13.8. The van der Waals surface area contributed by atoms with E-state index in [1.54, 1.807) is 22.9 Å². The maximum absolute atomic E-state index is 11.6. The summed E-state index contributed by atoms with van der Waals surface area (Å²) in [7, 11) is 1.81. The fourth-order valence-electron chi connectivity index (χ4n) is 1.58. The van der Waals surface area contributed by atoms with E-state index in [0.717, 1.165) is 11.3 Å². The van der Waals surface area contributed by atoms with Crippen molar-refractivity contribution < 1.29 is 4.79 Å². The summed E-state index contributed by atoms with van der Waals surface area (Å²) >= 11 is 1.36. The van der Waals surface area contributed by atoms with Crippen molar-refractivity contribution in [2.45, 2.75) is 6.92 Å². The van der Waals surface area contributed by atoms with Gasteiger partial charge in [0.25, 0.3) is 5.91 Å². The third-order valence-electron chi connectivity index (χ3n) is 2.80. The quantitative estimate of drug-likeness (QED) is 0.686. The number of nitriles is 1. The normalized spacial score (nSPS) is 10.6. The standard InChI is InChI=1S/C13H12N4OS/c1-9-10(6-11(7-14)17(9)2)8-15-16-13(18)12-4-3-5-19-12/h3-6,8H,1-2H3,(H,16,18)/b15-8-. The molecule has 0 aliphatic rings. The van der Waals surface area contributed by atoms with E-state index < -0.39 is 0 Å². The van der Waals surface area contributed by atoms with Crippen molar-refractivity contribution in [3.05, 3.63) is 45.4 Å². The first-order valence-corrected chi connectivity index (χ1v) is 6.44. The zero-order valence-electron chi connectivity index (χ0n) is 10.5. The second-order valence-electron chi connectivity index (χ2n) is 3.92. The molecule has 0 radical (unpaired) electrons. The molecule has 0 saturated heterocycles. The summed E-state index contributed by atoms with van der Waals surface area (Å²) in [6, 6.07) is 7.37. The molecule has 2 aromatic heterocycles. The summed E-state index contributed by atoms with van der Waals surface area (Å²) in [6.07, 6.45) is 1.54. The van der Waals surface area contributed by atoms with Gasteiger partial charge in [-0.3, -0.25) is 4.79 Å². The van der Waals surface area contributed by atoms with Crippen LogP contribution in [0.4, 0.5) is 0 Å². The molecule has 6 heteroatoms. The van der Waals surface area contributed by atoms with Gasteiger partial charge in [-0.2, -0.15) is 10.4 Å². The van der Waals surface area contributed by atoms with Gasteiger partial charge in [0.05, 0.1) is 11.1 Å². The molecule has 2 heterocycles. The van der Waals surface area contributed by atoms with Crippen LogP contribution in [0.5, 0.6) is 0 Å². The highest BCUT2D eigenvalue weighted by molar-refractivity contribution is 7.12. The zero-order valence-corrected chi connectivity index (χ0v) is 11.4. The van der Waals surface area contributed by atoms with Gasteiger partial charge >= 0.3 is 0 Å². The van der Waals surface area contributed by atoms with Gasteiger partial charge in [-0.25, -0.2) is 5.43 Å². The molecular formula is C13H12N4OS. The van der Waals surface area contributed by atoms with E-state index in [1.807, 2.05) is 25.4 Å². The van der Waals surface area contributed by atoms with Crippen LogP contribution in [-0.4, -0.2) is 16.7 Å². The Morgan fingerprint density at radius 3 is 3.00 bits per heavy atom. The number of rotatable bonds is 3. The molecule has 2 aromatic rings. The maximum Gasteiger partial charge on any atom is 0.281 e. The van der Waals surface area contributed by atoms with Crippen molar-refractivity contribution in [1.82, 2.24) is 9.99 Å². The van der Waals surface area contributed by atoms with Gasteiger partial charge in [0, 0.05) is 18.3 Å². The second kappa shape index (κ2) is 5.50. The van der Waals surface area contributed by atoms with Crippen molar-refractivity contribution in [1.29, 1.82) is 5.26 Å². The van der Waals surface area contributed by atoms with Gasteiger partial charge in [0.1, 0.15) is 11.8 Å². The first-order valence-electron chi connectivity index (χ1n) is 5.57. The number of nitrogens with one attached hydrogen (secondary N) is 1. The minimum absolute atomic E-state index is 0.236. The lowest BCUT2D eigenvalue weighted by atomic mass is 10.3. The number of carbonyl (C=O) groups excluding carboxylic acids is 1. The van der Waals surface area contributed by atoms with Crippen LogP contribution in [0.3, 0.4) is 0 Å². The fourth-order valence-corrected chi connectivity index (χ4v) is 2.20. The van der Waals surface area contributed by atoms with Crippen LogP contribution in [0.25, 0.3) is 0 Å². The van der Waals surface area contributed by atoms with Crippen LogP contribution in [-0.2, 0) is 7.05 Å². The molecule has 0 unspecified atom stereocenters. The van der Waals surface area contributed by atoms with Crippen LogP contribution in [0.1, 0.15) is 26.6 Å². The number of carbonyl (C=O) groups is 1. The predicted molar refractivity (Wildman–Crippen MR) is 74.2 cm³/mol. The van der Waals surface area contributed by atoms with Gasteiger partial charge < -0.3 is 4.57 Å². The van der Waals surface area contributed by atoms with E-state index in [-0.39, 0.29) is 5.91 Å². The van der Waals surface area contributed by atoms with Crippen molar-refractivity contribution in [2.24, 2.45) is 12.1 Å². The van der Waals surface area contributed by atoms with Gasteiger partial charge in [-0.1, -0.05) is 6.07 Å². The molecule has 0 fully saturated rings. The Morgan fingerprint density at radius 1 is 1.63 bits per heavy atom. The highest BCUT2D eigenvalue weighted by Gasteiger charge is 2.07. The monoisotopic (exact) mass is 272 g/mol. The SMILES string of the molecule is Cc1c(/C=N\NC(=O)c2cccs2)cc(C#N)n1C. The van der Waals surface area contributed by atoms with Gasteiger partial charge in [-0.05, 0) is 24.4 Å². The summed E-state index contributed by atoms with van der Waals surface area (Å²) in [5, 5.41) is 14.7. The second-order valence-corrected chi connectivity index (χ2v) is 4.87. The van der Waals surface area contributed by atoms with Crippen LogP contribution in [0.2, 0.25) is 0 Å². The lowest BCUT2D eigenvalue weighted by Crippen LogP contribution is -2.16. The highest BCUT2D eigenvalue weighted by atomic mass is 32.1. The Kier molecular flexibility index (Phi) is 3.78. The van der Waals surface area contributed by atoms with E-state index in [9.17, 15) is 4.79 Å². The summed E-state index contributed by atoms with van der Waals surface area (Å²) < 4.78 is 1.78. The molecule has 0 atom stereocenters. The van der Waals surface area contributed by atoms with Crippen LogP contribution >= 0.6 is 11.3 Å². The van der Waals surface area contributed by atoms with Crippen LogP contribution < -0.4 is 5.43 Å². The summed E-state index contributed by atoms with van der Waals surface area (Å²) in [5.41, 5.74) is 4.75. The number of nitrogens with zero attached hydrogens (tertiary/aromatic N) is 3. The molecule has 96 valence electrons. The Labute approximate surface area is 114 Å². The molecule has 0 aliphatic heterocycles. The summed E-state index contributed by atoms with van der Waals surface area (Å²) in [5.74, 6) is -0.236. The van der Waals surface area contributed by atoms with E-state index >= 15 is 0 Å². The minimum Gasteiger partial charge on any atom is -0.339 e. The van der Waals surface area contributed by atoms with E-state index in [0.29, 0.717) is 10.6 Å². The maximum atomic E-state index is 11.6. The molecular weight excluding hydrogens is 260 g/mol. The average Bonchev–Trinajstić information content (AvgIpc) is 3.02. The van der Waals surface area contributed by atoms with Crippen LogP contribution in [0.15, 0.2) is 28.7 Å². The molecule has 0 aromatic carbocycles. The third kappa shape index (κ3) is 2.72. The largest absolute Gasteiger partial charge is 0.339 e. The smallest absolute Gasteiger partial charge is 0.281 e. The van der Waals surface area contributed by atoms with Crippen molar-refractivity contribution in [3.63, 3.8) is 0 Å². The molecule has 0 saturated carbocycles. The lowest BCUT2D eigenvalue weighted by molar-refractivity contribution is 0.0959. The fraction of sp³-hybridized carbons (Fsp3) is 0.154. The highest BCUT2D eigenvalue weighted by Crippen LogP contribution is 2.11. The Morgan fingerprint density at radius 2 is 2.42 bits per heavy atom. The van der Waals surface area contributed by atoms with E-state index in [4.69, 9.17) is 5.26 Å². The first-order chi connectivity index (χ1) is 9.13. The van der Waals surface area contributed by atoms with Gasteiger partial charge in [-0.15, -0.1) is 11.3 Å². The minimum atomic E-state index is -0.236. The summed E-state index contributed by atoms with van der Waals surface area (Å²) in [4.78, 5) is 12.2. The molecule has 5 nitrogen and oxygen atoms in total.